The Morgan fingerprint density at radius 1 is 1.33 bits per heavy atom. The topological polar surface area (TPSA) is 45.7 Å². The highest BCUT2D eigenvalue weighted by Gasteiger charge is 2.03. The van der Waals surface area contributed by atoms with Crippen LogP contribution in [-0.4, -0.2) is 44.6 Å². The van der Waals surface area contributed by atoms with E-state index in [9.17, 15) is 0 Å². The monoisotopic (exact) mass is 309 g/mol. The smallest absolute Gasteiger partial charge is 0.191 e. The zero-order valence-electron chi connectivity index (χ0n) is 13.3. The van der Waals surface area contributed by atoms with Crippen molar-refractivity contribution in [1.29, 1.82) is 0 Å². The first-order valence-electron chi connectivity index (χ1n) is 7.48. The number of hydrogen-bond donors (Lipinski definition) is 2. The zero-order valence-corrected chi connectivity index (χ0v) is 14.1. The van der Waals surface area contributed by atoms with Gasteiger partial charge in [0.2, 0.25) is 0 Å². The number of hydrogen-bond acceptors (Lipinski definition) is 3. The minimum atomic E-state index is 0.256. The largest absolute Gasteiger partial charge is 0.383 e. The van der Waals surface area contributed by atoms with Crippen LogP contribution in [0.25, 0.3) is 0 Å². The van der Waals surface area contributed by atoms with Crippen molar-refractivity contribution in [3.8, 4) is 0 Å². The van der Waals surface area contributed by atoms with E-state index < -0.39 is 0 Å². The van der Waals surface area contributed by atoms with Gasteiger partial charge in [0.15, 0.2) is 5.96 Å². The lowest BCUT2D eigenvalue weighted by atomic mass is 10.4. The van der Waals surface area contributed by atoms with E-state index in [0.29, 0.717) is 6.61 Å². The van der Waals surface area contributed by atoms with Crippen LogP contribution in [0.4, 0.5) is 0 Å². The molecule has 2 N–H and O–H groups in total. The van der Waals surface area contributed by atoms with Crippen LogP contribution >= 0.6 is 11.8 Å². The van der Waals surface area contributed by atoms with Gasteiger partial charge in [-0.2, -0.15) is 0 Å². The van der Waals surface area contributed by atoms with E-state index in [2.05, 4.69) is 53.7 Å². The molecule has 0 radical (unpaired) electrons. The van der Waals surface area contributed by atoms with Gasteiger partial charge in [-0.05, 0) is 38.2 Å². The predicted molar refractivity (Wildman–Crippen MR) is 92.2 cm³/mol. The Labute approximate surface area is 132 Å². The SMILES string of the molecule is CCNC(=NCCCSc1ccccc1)NC(C)COC. The summed E-state index contributed by atoms with van der Waals surface area (Å²) in [4.78, 5) is 5.91. The van der Waals surface area contributed by atoms with Gasteiger partial charge in [0, 0.05) is 31.1 Å². The van der Waals surface area contributed by atoms with Crippen molar-refractivity contribution in [3.05, 3.63) is 30.3 Å². The Hall–Kier alpha value is -1.20. The minimum absolute atomic E-state index is 0.256. The summed E-state index contributed by atoms with van der Waals surface area (Å²) in [5.74, 6) is 1.95. The third-order valence-corrected chi connectivity index (χ3v) is 3.83. The zero-order chi connectivity index (χ0) is 15.3. The van der Waals surface area contributed by atoms with Crippen LogP contribution in [0, 0.1) is 0 Å². The third kappa shape index (κ3) is 8.63. The first kappa shape index (κ1) is 17.9. The molecule has 0 spiro atoms. The number of thioether (sulfide) groups is 1. The molecular formula is C16H27N3OS. The molecule has 21 heavy (non-hydrogen) atoms. The quantitative estimate of drug-likeness (QED) is 0.319. The van der Waals surface area contributed by atoms with Gasteiger partial charge in [0.1, 0.15) is 0 Å². The molecule has 4 nitrogen and oxygen atoms in total. The normalized spacial score (nSPS) is 13.0. The summed E-state index contributed by atoms with van der Waals surface area (Å²) in [6.45, 7) is 6.53. The summed E-state index contributed by atoms with van der Waals surface area (Å²) in [6, 6.07) is 10.7. The molecule has 5 heteroatoms. The van der Waals surface area contributed by atoms with Crippen molar-refractivity contribution < 1.29 is 4.74 Å². The first-order chi connectivity index (χ1) is 10.3. The van der Waals surface area contributed by atoms with Crippen LogP contribution < -0.4 is 10.6 Å². The average molecular weight is 309 g/mol. The number of rotatable bonds is 9. The standard InChI is InChI=1S/C16H27N3OS/c1-4-17-16(19-14(2)13-20-3)18-11-8-12-21-15-9-6-5-7-10-15/h5-7,9-10,14H,4,8,11-13H2,1-3H3,(H2,17,18,19). The highest BCUT2D eigenvalue weighted by atomic mass is 32.2. The predicted octanol–water partition coefficient (Wildman–Crippen LogP) is 2.76. The lowest BCUT2D eigenvalue weighted by molar-refractivity contribution is 0.179. The molecule has 118 valence electrons. The molecule has 0 saturated carbocycles. The summed E-state index contributed by atoms with van der Waals surface area (Å²) in [5.41, 5.74) is 0. The Morgan fingerprint density at radius 2 is 2.10 bits per heavy atom. The van der Waals surface area contributed by atoms with Gasteiger partial charge in [-0.15, -0.1) is 11.8 Å². The number of ether oxygens (including phenoxy) is 1. The van der Waals surface area contributed by atoms with Gasteiger partial charge >= 0.3 is 0 Å². The van der Waals surface area contributed by atoms with Crippen LogP contribution in [0.5, 0.6) is 0 Å². The highest BCUT2D eigenvalue weighted by molar-refractivity contribution is 7.99. The van der Waals surface area contributed by atoms with E-state index in [1.165, 1.54) is 4.90 Å². The molecule has 1 aromatic rings. The fourth-order valence-corrected chi connectivity index (χ4v) is 2.67. The second kappa shape index (κ2) is 11.5. The first-order valence-corrected chi connectivity index (χ1v) is 8.46. The summed E-state index contributed by atoms with van der Waals surface area (Å²) in [6.07, 6.45) is 1.06. The maximum absolute atomic E-state index is 5.13. The van der Waals surface area contributed by atoms with E-state index >= 15 is 0 Å². The average Bonchev–Trinajstić information content (AvgIpc) is 2.48. The fourth-order valence-electron chi connectivity index (χ4n) is 1.81. The van der Waals surface area contributed by atoms with Crippen molar-refractivity contribution >= 4 is 17.7 Å². The Balaban J connectivity index is 2.26. The Bertz CT molecular complexity index is 398. The highest BCUT2D eigenvalue weighted by Crippen LogP contribution is 2.17. The molecular weight excluding hydrogens is 282 g/mol. The molecule has 0 saturated heterocycles. The number of nitrogens with one attached hydrogen (secondary N) is 2. The maximum atomic E-state index is 5.13. The van der Waals surface area contributed by atoms with Gasteiger partial charge in [-0.3, -0.25) is 4.99 Å². The molecule has 0 aliphatic rings. The minimum Gasteiger partial charge on any atom is -0.383 e. The molecule has 0 fully saturated rings. The lowest BCUT2D eigenvalue weighted by Gasteiger charge is -2.16. The maximum Gasteiger partial charge on any atom is 0.191 e. The fraction of sp³-hybridized carbons (Fsp3) is 0.562. The second-order valence-corrected chi connectivity index (χ2v) is 5.94. The molecule has 1 unspecified atom stereocenters. The van der Waals surface area contributed by atoms with Crippen LogP contribution in [-0.2, 0) is 4.74 Å². The van der Waals surface area contributed by atoms with Crippen molar-refractivity contribution in [1.82, 2.24) is 10.6 Å². The van der Waals surface area contributed by atoms with Crippen LogP contribution in [0.1, 0.15) is 20.3 Å². The molecule has 0 aliphatic heterocycles. The second-order valence-electron chi connectivity index (χ2n) is 4.78. The van der Waals surface area contributed by atoms with Crippen molar-refractivity contribution in [2.24, 2.45) is 4.99 Å². The van der Waals surface area contributed by atoms with Gasteiger partial charge in [0.05, 0.1) is 6.61 Å². The molecule has 0 heterocycles. The number of aliphatic imine (C=N–C) groups is 1. The number of methoxy groups -OCH3 is 1. The van der Waals surface area contributed by atoms with E-state index in [0.717, 1.165) is 31.2 Å². The van der Waals surface area contributed by atoms with E-state index in [1.54, 1.807) is 7.11 Å². The lowest BCUT2D eigenvalue weighted by Crippen LogP contribution is -2.44. The van der Waals surface area contributed by atoms with E-state index in [4.69, 9.17) is 4.74 Å². The summed E-state index contributed by atoms with van der Waals surface area (Å²) in [7, 11) is 1.71. The molecule has 1 atom stereocenters. The van der Waals surface area contributed by atoms with Gasteiger partial charge < -0.3 is 15.4 Å². The number of benzene rings is 1. The molecule has 0 bridgehead atoms. The van der Waals surface area contributed by atoms with Gasteiger partial charge in [-0.1, -0.05) is 18.2 Å². The van der Waals surface area contributed by atoms with Crippen LogP contribution in [0.2, 0.25) is 0 Å². The van der Waals surface area contributed by atoms with Crippen molar-refractivity contribution in [3.63, 3.8) is 0 Å². The van der Waals surface area contributed by atoms with Crippen LogP contribution in [0.3, 0.4) is 0 Å². The van der Waals surface area contributed by atoms with Crippen LogP contribution in [0.15, 0.2) is 40.2 Å². The molecule has 0 aromatic heterocycles. The van der Waals surface area contributed by atoms with E-state index in [1.807, 2.05) is 17.8 Å². The van der Waals surface area contributed by atoms with Crippen molar-refractivity contribution in [2.45, 2.75) is 31.2 Å². The van der Waals surface area contributed by atoms with Gasteiger partial charge in [0.25, 0.3) is 0 Å². The number of nitrogens with zero attached hydrogens (tertiary/aromatic N) is 1. The molecule has 0 amide bonds. The Kier molecular flexibility index (Phi) is 9.74. The van der Waals surface area contributed by atoms with Gasteiger partial charge in [-0.25, -0.2) is 0 Å². The Morgan fingerprint density at radius 3 is 2.76 bits per heavy atom. The van der Waals surface area contributed by atoms with Crippen molar-refractivity contribution in [2.75, 3.05) is 32.6 Å². The third-order valence-electron chi connectivity index (χ3n) is 2.73. The number of guanidine groups is 1. The molecule has 1 aromatic carbocycles. The molecule has 1 rings (SSSR count). The summed E-state index contributed by atoms with van der Waals surface area (Å²) < 4.78 is 5.13. The summed E-state index contributed by atoms with van der Waals surface area (Å²) >= 11 is 1.88. The molecule has 0 aliphatic carbocycles. The van der Waals surface area contributed by atoms with E-state index in [-0.39, 0.29) is 6.04 Å². The summed E-state index contributed by atoms with van der Waals surface area (Å²) in [5, 5.41) is 6.59.